The first-order valence-corrected chi connectivity index (χ1v) is 10.2. The van der Waals surface area contributed by atoms with Crippen molar-refractivity contribution in [1.29, 1.82) is 5.26 Å². The highest BCUT2D eigenvalue weighted by molar-refractivity contribution is 7.54. The monoisotopic (exact) mass is 427 g/mol. The highest BCUT2D eigenvalue weighted by atomic mass is 31.2. The number of aromatic amines is 1. The van der Waals surface area contributed by atoms with Gasteiger partial charge in [0.05, 0.1) is 45.0 Å². The molecule has 5 atom stereocenters. The molecule has 0 aliphatic carbocycles. The molecule has 0 saturated carbocycles. The van der Waals surface area contributed by atoms with Gasteiger partial charge in [0.2, 0.25) is 0 Å². The lowest BCUT2D eigenvalue weighted by Crippen LogP contribution is -2.33. The molecule has 11 nitrogen and oxygen atoms in total. The largest absolute Gasteiger partial charge is 0.394 e. The first-order chi connectivity index (χ1) is 14.0. The summed E-state index contributed by atoms with van der Waals surface area (Å²) in [5, 5.41) is 18.4. The molecular formula is C16H19FN5O6P. The Morgan fingerprint density at radius 3 is 3.00 bits per heavy atom. The molecule has 0 aromatic carbocycles. The van der Waals surface area contributed by atoms with Gasteiger partial charge in [0.15, 0.2) is 23.6 Å². The van der Waals surface area contributed by atoms with E-state index in [0.717, 1.165) is 6.33 Å². The molecule has 0 amide bonds. The smallest absolute Gasteiger partial charge is 0.339 e. The molecule has 29 heavy (non-hydrogen) atoms. The second-order valence-corrected chi connectivity index (χ2v) is 8.30. The van der Waals surface area contributed by atoms with Gasteiger partial charge >= 0.3 is 7.60 Å². The summed E-state index contributed by atoms with van der Waals surface area (Å²) < 4.78 is 46.1. The zero-order valence-electron chi connectivity index (χ0n) is 15.2. The van der Waals surface area contributed by atoms with E-state index in [1.54, 1.807) is 0 Å². The Bertz CT molecular complexity index is 1020. The summed E-state index contributed by atoms with van der Waals surface area (Å²) in [5.41, 5.74) is -1.96. The quantitative estimate of drug-likeness (QED) is 0.340. The number of nitrogens with one attached hydrogen (secondary N) is 1. The van der Waals surface area contributed by atoms with Crippen molar-refractivity contribution < 1.29 is 27.8 Å². The summed E-state index contributed by atoms with van der Waals surface area (Å²) in [6, 6.07) is 1.83. The van der Waals surface area contributed by atoms with Crippen LogP contribution in [0.4, 0.5) is 4.39 Å². The van der Waals surface area contributed by atoms with E-state index in [4.69, 9.17) is 19.0 Å². The molecule has 2 aromatic heterocycles. The Kier molecular flexibility index (Phi) is 6.56. The number of imidazole rings is 1. The summed E-state index contributed by atoms with van der Waals surface area (Å²) in [7, 11) is -4.16. The number of nitrogens with zero attached hydrogens (tertiary/aromatic N) is 4. The number of rotatable bonds is 9. The van der Waals surface area contributed by atoms with Gasteiger partial charge in [0.25, 0.3) is 5.56 Å². The number of ether oxygens (including phenoxy) is 1. The fourth-order valence-corrected chi connectivity index (χ4v) is 5.24. The zero-order chi connectivity index (χ0) is 21.0. The molecule has 1 aliphatic rings. The standard InChI is InChI=1S/C16H19FN5O6P/c1-2-5-26-29(25,27-6-3-4-18)13-10(7-23)28-16(11(13)17)22-9-21-12-14(22)19-8-20-15(12)24/h2,8-11,13,16,23H,1,3,5-7H2,(H,19,20,24)/t10?,11-,13-,16?,29?/m1/s1. The van der Waals surface area contributed by atoms with E-state index < -0.39 is 43.9 Å². The average Bonchev–Trinajstić information content (AvgIpc) is 3.28. The molecule has 3 rings (SSSR count). The van der Waals surface area contributed by atoms with Crippen LogP contribution >= 0.6 is 7.60 Å². The predicted molar refractivity (Wildman–Crippen MR) is 97.8 cm³/mol. The molecule has 2 aromatic rings. The van der Waals surface area contributed by atoms with Crippen LogP contribution in [0.25, 0.3) is 11.2 Å². The third kappa shape index (κ3) is 4.01. The maximum absolute atomic E-state index is 15.5. The van der Waals surface area contributed by atoms with Crippen LogP contribution < -0.4 is 5.56 Å². The lowest BCUT2D eigenvalue weighted by atomic mass is 10.2. The lowest BCUT2D eigenvalue weighted by Gasteiger charge is -2.26. The molecule has 0 radical (unpaired) electrons. The van der Waals surface area contributed by atoms with Crippen LogP contribution in [-0.2, 0) is 18.3 Å². The van der Waals surface area contributed by atoms with E-state index in [1.165, 1.54) is 17.0 Å². The number of hydrogen-bond donors (Lipinski definition) is 2. The van der Waals surface area contributed by atoms with Crippen molar-refractivity contribution >= 4 is 18.8 Å². The highest BCUT2D eigenvalue weighted by Gasteiger charge is 2.56. The minimum absolute atomic E-state index is 0.0244. The van der Waals surface area contributed by atoms with E-state index in [2.05, 4.69) is 21.5 Å². The molecule has 1 fully saturated rings. The maximum Gasteiger partial charge on any atom is 0.339 e. The Labute approximate surface area is 164 Å². The second kappa shape index (κ2) is 8.94. The molecular weight excluding hydrogens is 408 g/mol. The number of aliphatic hydroxyl groups is 1. The van der Waals surface area contributed by atoms with E-state index >= 15 is 4.39 Å². The molecule has 0 bridgehead atoms. The molecule has 1 aliphatic heterocycles. The summed E-state index contributed by atoms with van der Waals surface area (Å²) in [5.74, 6) is 0. The van der Waals surface area contributed by atoms with Gasteiger partial charge in [-0.3, -0.25) is 13.9 Å². The zero-order valence-corrected chi connectivity index (χ0v) is 16.1. The number of aromatic nitrogens is 4. The fourth-order valence-electron chi connectivity index (χ4n) is 3.09. The highest BCUT2D eigenvalue weighted by Crippen LogP contribution is 2.60. The maximum atomic E-state index is 15.5. The minimum atomic E-state index is -4.16. The first-order valence-electron chi connectivity index (χ1n) is 8.64. The van der Waals surface area contributed by atoms with Gasteiger partial charge in [-0.15, -0.1) is 6.58 Å². The number of H-pyrrole nitrogens is 1. The van der Waals surface area contributed by atoms with Crippen LogP contribution in [0.2, 0.25) is 0 Å². The van der Waals surface area contributed by atoms with Crippen LogP contribution in [0.5, 0.6) is 0 Å². The van der Waals surface area contributed by atoms with Crippen molar-refractivity contribution in [3.05, 3.63) is 35.7 Å². The van der Waals surface area contributed by atoms with Crippen LogP contribution in [0.1, 0.15) is 12.6 Å². The first kappa shape index (κ1) is 21.3. The van der Waals surface area contributed by atoms with Crippen molar-refractivity contribution in [3.63, 3.8) is 0 Å². The van der Waals surface area contributed by atoms with Gasteiger partial charge in [0.1, 0.15) is 11.8 Å². The minimum Gasteiger partial charge on any atom is -0.394 e. The summed E-state index contributed by atoms with van der Waals surface area (Å²) >= 11 is 0. The van der Waals surface area contributed by atoms with Gasteiger partial charge in [-0.2, -0.15) is 5.26 Å². The van der Waals surface area contributed by atoms with Gasteiger partial charge in [-0.05, 0) is 0 Å². The lowest BCUT2D eigenvalue weighted by molar-refractivity contribution is -0.0353. The number of nitriles is 1. The van der Waals surface area contributed by atoms with Crippen LogP contribution in [0.15, 0.2) is 30.1 Å². The number of alkyl halides is 1. The van der Waals surface area contributed by atoms with Crippen LogP contribution in [0.3, 0.4) is 0 Å². The van der Waals surface area contributed by atoms with Gasteiger partial charge < -0.3 is 23.9 Å². The second-order valence-electron chi connectivity index (χ2n) is 6.10. The molecule has 1 saturated heterocycles. The third-order valence-electron chi connectivity index (χ3n) is 4.34. The van der Waals surface area contributed by atoms with Crippen molar-refractivity contribution in [2.45, 2.75) is 30.6 Å². The Balaban J connectivity index is 1.97. The van der Waals surface area contributed by atoms with Gasteiger partial charge in [-0.25, -0.2) is 14.4 Å². The summed E-state index contributed by atoms with van der Waals surface area (Å²) in [6.45, 7) is 2.36. The number of hydrogen-bond acceptors (Lipinski definition) is 9. The number of fused-ring (bicyclic) bond motifs is 1. The van der Waals surface area contributed by atoms with E-state index in [0.29, 0.717) is 0 Å². The van der Waals surface area contributed by atoms with Gasteiger partial charge in [0, 0.05) is 0 Å². The van der Waals surface area contributed by atoms with E-state index in [-0.39, 0.29) is 30.8 Å². The Morgan fingerprint density at radius 2 is 2.31 bits per heavy atom. The normalized spacial score (nSPS) is 26.2. The van der Waals surface area contributed by atoms with Crippen molar-refractivity contribution in [1.82, 2.24) is 19.5 Å². The molecule has 0 spiro atoms. The summed E-state index contributed by atoms with van der Waals surface area (Å²) in [6.07, 6.45) is -1.03. The molecule has 156 valence electrons. The van der Waals surface area contributed by atoms with E-state index in [9.17, 15) is 14.5 Å². The SMILES string of the molecule is C=CCOP(=O)(OCCC#N)[C@@H]1C(CO)OC(n2cnc3c(=O)[nH]cnc32)[C@@H]1F. The summed E-state index contributed by atoms with van der Waals surface area (Å²) in [4.78, 5) is 22.1. The topological polar surface area (TPSA) is 152 Å². The van der Waals surface area contributed by atoms with Gasteiger partial charge in [-0.1, -0.05) is 6.08 Å². The average molecular weight is 427 g/mol. The third-order valence-corrected chi connectivity index (χ3v) is 6.73. The Morgan fingerprint density at radius 1 is 1.52 bits per heavy atom. The van der Waals surface area contributed by atoms with E-state index in [1.807, 2.05) is 6.07 Å². The Hall–Kier alpha value is -2.42. The fraction of sp³-hybridized carbons (Fsp3) is 0.500. The van der Waals surface area contributed by atoms with Crippen LogP contribution in [0, 0.1) is 11.3 Å². The van der Waals surface area contributed by atoms with Crippen molar-refractivity contribution in [2.24, 2.45) is 0 Å². The van der Waals surface area contributed by atoms with Crippen molar-refractivity contribution in [2.75, 3.05) is 19.8 Å². The van der Waals surface area contributed by atoms with Crippen molar-refractivity contribution in [3.8, 4) is 6.07 Å². The van der Waals surface area contributed by atoms with Crippen LogP contribution in [-0.4, -0.2) is 62.4 Å². The molecule has 3 heterocycles. The number of aliphatic hydroxyl groups excluding tert-OH is 1. The molecule has 2 N–H and O–H groups in total. The predicted octanol–water partition coefficient (Wildman–Crippen LogP) is 1.04. The molecule has 13 heteroatoms. The molecule has 3 unspecified atom stereocenters. The number of halogens is 1.